The van der Waals surface area contributed by atoms with Crippen LogP contribution in [-0.2, 0) is 0 Å². The Morgan fingerprint density at radius 2 is 1.87 bits per heavy atom. The molecule has 0 atom stereocenters. The molecular weight excluding hydrogens is 387 g/mol. The van der Waals surface area contributed by atoms with Crippen molar-refractivity contribution in [2.24, 2.45) is 0 Å². The summed E-state index contributed by atoms with van der Waals surface area (Å²) in [7, 11) is 2.98. The van der Waals surface area contributed by atoms with Gasteiger partial charge in [0.1, 0.15) is 23.5 Å². The predicted octanol–water partition coefficient (Wildman–Crippen LogP) is 3.65. The second-order valence-corrected chi connectivity index (χ2v) is 6.26. The van der Waals surface area contributed by atoms with Crippen molar-refractivity contribution in [2.45, 2.75) is 6.92 Å². The molecule has 3 aromatic rings. The van der Waals surface area contributed by atoms with Crippen LogP contribution in [0.1, 0.15) is 21.5 Å². The number of carbonyl (C=O) groups excluding carboxylic acids is 1. The van der Waals surface area contributed by atoms with E-state index in [2.05, 4.69) is 32.0 Å². The first-order valence-corrected chi connectivity index (χ1v) is 8.92. The second kappa shape index (κ2) is 8.87. The summed E-state index contributed by atoms with van der Waals surface area (Å²) in [4.78, 5) is 20.5. The number of halogens is 1. The van der Waals surface area contributed by atoms with Crippen molar-refractivity contribution >= 4 is 28.9 Å². The maximum Gasteiger partial charge on any atom is 0.254 e. The van der Waals surface area contributed by atoms with E-state index >= 15 is 0 Å². The van der Waals surface area contributed by atoms with Gasteiger partial charge in [-0.1, -0.05) is 6.07 Å². The van der Waals surface area contributed by atoms with Crippen LogP contribution < -0.4 is 20.7 Å². The minimum Gasteiger partial charge on any atom is -0.493 e. The average Bonchev–Trinajstić information content (AvgIpc) is 2.75. The number of ether oxygens (including phenoxy) is 1. The average molecular weight is 406 g/mol. The Balaban J connectivity index is 2.01. The van der Waals surface area contributed by atoms with E-state index in [0.717, 1.165) is 6.20 Å². The van der Waals surface area contributed by atoms with E-state index in [0.29, 0.717) is 39.9 Å². The maximum absolute atomic E-state index is 13.5. The summed E-state index contributed by atoms with van der Waals surface area (Å²) >= 11 is 0. The van der Waals surface area contributed by atoms with E-state index in [-0.39, 0.29) is 11.5 Å². The molecule has 30 heavy (non-hydrogen) atoms. The zero-order chi connectivity index (χ0) is 21.7. The van der Waals surface area contributed by atoms with Gasteiger partial charge in [-0.05, 0) is 30.7 Å². The summed E-state index contributed by atoms with van der Waals surface area (Å²) < 4.78 is 18.8. The zero-order valence-corrected chi connectivity index (χ0v) is 16.6. The Bertz CT molecular complexity index is 1140. The number of amides is 1. The Labute approximate surface area is 172 Å². The molecule has 1 aromatic carbocycles. The summed E-state index contributed by atoms with van der Waals surface area (Å²) in [6.07, 6.45) is 2.52. The van der Waals surface area contributed by atoms with Crippen LogP contribution in [-0.4, -0.2) is 30.0 Å². The van der Waals surface area contributed by atoms with E-state index in [1.54, 1.807) is 37.3 Å². The van der Waals surface area contributed by atoms with Gasteiger partial charge < -0.3 is 20.7 Å². The van der Waals surface area contributed by atoms with Gasteiger partial charge in [0.05, 0.1) is 35.8 Å². The van der Waals surface area contributed by atoms with Crippen molar-refractivity contribution in [3.8, 4) is 11.8 Å². The molecule has 0 bridgehead atoms. The number of hydrogen-bond donors (Lipinski definition) is 3. The van der Waals surface area contributed by atoms with Gasteiger partial charge in [0.25, 0.3) is 5.91 Å². The number of para-hydroxylation sites is 1. The number of hydrogen-bond acceptors (Lipinski definition) is 7. The number of nitriles is 1. The highest BCUT2D eigenvalue weighted by Crippen LogP contribution is 2.33. The zero-order valence-electron chi connectivity index (χ0n) is 16.6. The van der Waals surface area contributed by atoms with E-state index < -0.39 is 5.82 Å². The van der Waals surface area contributed by atoms with Gasteiger partial charge >= 0.3 is 0 Å². The maximum atomic E-state index is 13.5. The lowest BCUT2D eigenvalue weighted by atomic mass is 10.1. The highest BCUT2D eigenvalue weighted by atomic mass is 19.1. The van der Waals surface area contributed by atoms with Gasteiger partial charge in [-0.2, -0.15) is 5.26 Å². The van der Waals surface area contributed by atoms with Crippen molar-refractivity contribution < 1.29 is 13.9 Å². The smallest absolute Gasteiger partial charge is 0.254 e. The number of nitrogens with one attached hydrogen (secondary N) is 3. The summed E-state index contributed by atoms with van der Waals surface area (Å²) in [6, 6.07) is 10.3. The van der Waals surface area contributed by atoms with Gasteiger partial charge in [-0.25, -0.2) is 14.4 Å². The van der Waals surface area contributed by atoms with Crippen LogP contribution >= 0.6 is 0 Å². The van der Waals surface area contributed by atoms with Crippen molar-refractivity contribution in [3.05, 3.63) is 65.2 Å². The van der Waals surface area contributed by atoms with Crippen molar-refractivity contribution in [1.29, 1.82) is 5.26 Å². The highest BCUT2D eigenvalue weighted by molar-refractivity contribution is 6.00. The third-order valence-corrected chi connectivity index (χ3v) is 4.29. The molecule has 0 radical (unpaired) electrons. The lowest BCUT2D eigenvalue weighted by Gasteiger charge is -2.16. The normalized spacial score (nSPS) is 10.1. The molecule has 3 N–H and O–H groups in total. The minimum atomic E-state index is -0.407. The van der Waals surface area contributed by atoms with Crippen LogP contribution in [0, 0.1) is 24.1 Å². The molecule has 1 amide bonds. The van der Waals surface area contributed by atoms with Crippen LogP contribution in [0.3, 0.4) is 0 Å². The van der Waals surface area contributed by atoms with E-state index in [1.165, 1.54) is 20.4 Å². The van der Waals surface area contributed by atoms with Crippen molar-refractivity contribution in [3.63, 3.8) is 0 Å². The molecule has 2 heterocycles. The monoisotopic (exact) mass is 406 g/mol. The van der Waals surface area contributed by atoms with E-state index in [9.17, 15) is 14.4 Å². The van der Waals surface area contributed by atoms with Crippen molar-refractivity contribution in [1.82, 2.24) is 15.3 Å². The molecule has 0 aliphatic rings. The molecule has 0 saturated carbocycles. The van der Waals surface area contributed by atoms with Crippen molar-refractivity contribution in [2.75, 3.05) is 24.8 Å². The predicted molar refractivity (Wildman–Crippen MR) is 111 cm³/mol. The lowest BCUT2D eigenvalue weighted by molar-refractivity contribution is 0.0963. The quantitative estimate of drug-likeness (QED) is 0.573. The van der Waals surface area contributed by atoms with Gasteiger partial charge in [0.2, 0.25) is 0 Å². The van der Waals surface area contributed by atoms with Crippen LogP contribution in [0.5, 0.6) is 5.75 Å². The molecule has 2 aromatic heterocycles. The summed E-state index contributed by atoms with van der Waals surface area (Å²) in [5.41, 5.74) is 2.01. The number of carbonyl (C=O) groups is 1. The lowest BCUT2D eigenvalue weighted by Crippen LogP contribution is -2.19. The molecule has 3 rings (SSSR count). The Morgan fingerprint density at radius 3 is 2.53 bits per heavy atom. The highest BCUT2D eigenvalue weighted by Gasteiger charge is 2.16. The molecule has 9 heteroatoms. The number of aromatic nitrogens is 2. The first-order valence-electron chi connectivity index (χ1n) is 8.92. The molecule has 0 aliphatic heterocycles. The van der Waals surface area contributed by atoms with Gasteiger partial charge in [0, 0.05) is 19.3 Å². The Kier molecular flexibility index (Phi) is 6.08. The topological polar surface area (TPSA) is 112 Å². The first kappa shape index (κ1) is 20.5. The van der Waals surface area contributed by atoms with E-state index in [4.69, 9.17) is 4.74 Å². The van der Waals surface area contributed by atoms with Crippen LogP contribution in [0.4, 0.5) is 27.4 Å². The molecule has 0 fully saturated rings. The molecule has 8 nitrogen and oxygen atoms in total. The fraction of sp³-hybridized carbons (Fsp3) is 0.143. The van der Waals surface area contributed by atoms with Crippen LogP contribution in [0.15, 0.2) is 42.7 Å². The number of rotatable bonds is 6. The third-order valence-electron chi connectivity index (χ3n) is 4.29. The molecule has 0 spiro atoms. The molecular formula is C21H19FN6O2. The first-order chi connectivity index (χ1) is 14.5. The van der Waals surface area contributed by atoms with Gasteiger partial charge in [0.15, 0.2) is 5.75 Å². The number of aryl methyl sites for hydroxylation is 1. The van der Waals surface area contributed by atoms with E-state index in [1.807, 2.05) is 0 Å². The molecule has 0 unspecified atom stereocenters. The minimum absolute atomic E-state index is 0.288. The van der Waals surface area contributed by atoms with Gasteiger partial charge in [-0.15, -0.1) is 0 Å². The largest absolute Gasteiger partial charge is 0.493 e. The third kappa shape index (κ3) is 4.28. The molecule has 0 saturated heterocycles. The SMILES string of the molecule is CNC(=O)c1cnc(Nc2cc(C)c(F)cn2)cc1Nc1cccc(C#N)c1OC. The standard InChI is InChI=1S/C21H19FN6O2/c1-12-7-18(26-11-15(12)22)28-19-8-17(14(10-25-19)21(29)24-2)27-16-6-4-5-13(9-23)20(16)30-3/h4-8,10-11H,1-3H3,(H,24,29)(H2,25,26,27,28). The molecule has 0 aliphatic carbocycles. The number of methoxy groups -OCH3 is 1. The summed E-state index contributed by atoms with van der Waals surface area (Å²) in [5.74, 6) is 0.395. The number of anilines is 4. The Morgan fingerprint density at radius 1 is 1.13 bits per heavy atom. The summed E-state index contributed by atoms with van der Waals surface area (Å²) in [5, 5.41) is 18.0. The van der Waals surface area contributed by atoms with Gasteiger partial charge in [-0.3, -0.25) is 4.79 Å². The fourth-order valence-electron chi connectivity index (χ4n) is 2.77. The molecule has 152 valence electrons. The number of pyridine rings is 2. The number of nitrogens with zero attached hydrogens (tertiary/aromatic N) is 3. The summed E-state index contributed by atoms with van der Waals surface area (Å²) in [6.45, 7) is 1.63. The van der Waals surface area contributed by atoms with Crippen LogP contribution in [0.25, 0.3) is 0 Å². The fourth-order valence-corrected chi connectivity index (χ4v) is 2.77. The second-order valence-electron chi connectivity index (χ2n) is 6.26. The van der Waals surface area contributed by atoms with Crippen LogP contribution in [0.2, 0.25) is 0 Å². The Hall–Kier alpha value is -4.19. The number of benzene rings is 1.